The van der Waals surface area contributed by atoms with Gasteiger partial charge in [0.1, 0.15) is 17.9 Å². The third-order valence-electron chi connectivity index (χ3n) is 3.68. The number of H-pyrrole nitrogens is 1. The summed E-state index contributed by atoms with van der Waals surface area (Å²) in [5.74, 6) is 0.896. The molecule has 1 N–H and O–H groups in total. The van der Waals surface area contributed by atoms with Crippen molar-refractivity contribution in [1.29, 1.82) is 0 Å². The van der Waals surface area contributed by atoms with Gasteiger partial charge in [-0.05, 0) is 29.3 Å². The van der Waals surface area contributed by atoms with Crippen molar-refractivity contribution in [3.63, 3.8) is 0 Å². The Hall–Kier alpha value is -1.99. The Morgan fingerprint density at radius 1 is 1.33 bits per heavy atom. The first-order chi connectivity index (χ1) is 10.3. The number of anilines is 1. The molecule has 2 atom stereocenters. The molecule has 0 aromatic carbocycles. The van der Waals surface area contributed by atoms with Crippen LogP contribution >= 0.6 is 11.3 Å². The summed E-state index contributed by atoms with van der Waals surface area (Å²) in [4.78, 5) is 18.2. The molecule has 4 heterocycles. The molecule has 0 spiro atoms. The van der Waals surface area contributed by atoms with Crippen molar-refractivity contribution in [3.05, 3.63) is 35.0 Å². The summed E-state index contributed by atoms with van der Waals surface area (Å²) in [6.07, 6.45) is 3.45. The number of aromatic amines is 1. The van der Waals surface area contributed by atoms with E-state index in [0.717, 1.165) is 24.4 Å². The van der Waals surface area contributed by atoms with E-state index in [0.29, 0.717) is 5.65 Å². The Morgan fingerprint density at radius 2 is 2.29 bits per heavy atom. The molecule has 6 nitrogen and oxygen atoms in total. The number of ether oxygens (including phenoxy) is 1. The fourth-order valence-corrected chi connectivity index (χ4v) is 3.46. The summed E-state index contributed by atoms with van der Waals surface area (Å²) in [5.41, 5.74) is 2.81. The molecule has 0 aliphatic carbocycles. The highest BCUT2D eigenvalue weighted by Gasteiger charge is 2.28. The van der Waals surface area contributed by atoms with Gasteiger partial charge in [0, 0.05) is 13.1 Å². The van der Waals surface area contributed by atoms with Gasteiger partial charge in [0.25, 0.3) is 0 Å². The minimum Gasteiger partial charge on any atom is -0.367 e. The molecule has 1 aliphatic rings. The number of thiophene rings is 1. The molecule has 3 aromatic heterocycles. The van der Waals surface area contributed by atoms with Crippen molar-refractivity contribution in [2.24, 2.45) is 0 Å². The minimum absolute atomic E-state index is 0.0768. The molecule has 0 unspecified atom stereocenters. The monoisotopic (exact) mass is 301 g/mol. The normalized spacial score (nSPS) is 22.8. The number of nitrogens with zero attached hydrogens (tertiary/aromatic N) is 4. The highest BCUT2D eigenvalue weighted by molar-refractivity contribution is 7.07. The summed E-state index contributed by atoms with van der Waals surface area (Å²) in [5, 5.41) is 4.23. The number of nitrogens with one attached hydrogen (secondary N) is 1. The van der Waals surface area contributed by atoms with Crippen molar-refractivity contribution >= 4 is 28.3 Å². The second-order valence-corrected chi connectivity index (χ2v) is 5.98. The molecule has 108 valence electrons. The van der Waals surface area contributed by atoms with Crippen LogP contribution < -0.4 is 4.90 Å². The summed E-state index contributed by atoms with van der Waals surface area (Å²) < 4.78 is 6.07. The number of aromatic nitrogens is 4. The van der Waals surface area contributed by atoms with E-state index in [-0.39, 0.29) is 12.2 Å². The SMILES string of the molecule is C[C@H]1CN(c2ncnc3nc[nH]c23)C[C@H](c2ccsc2)O1. The zero-order chi connectivity index (χ0) is 14.2. The van der Waals surface area contributed by atoms with Crippen LogP contribution in [0.15, 0.2) is 29.5 Å². The lowest BCUT2D eigenvalue weighted by Crippen LogP contribution is -2.43. The third-order valence-corrected chi connectivity index (χ3v) is 4.38. The molecule has 1 fully saturated rings. The molecule has 0 radical (unpaired) electrons. The molecule has 1 saturated heterocycles. The maximum atomic E-state index is 6.07. The maximum Gasteiger partial charge on any atom is 0.182 e. The fourth-order valence-electron chi connectivity index (χ4n) is 2.76. The van der Waals surface area contributed by atoms with E-state index in [4.69, 9.17) is 4.74 Å². The quantitative estimate of drug-likeness (QED) is 0.787. The van der Waals surface area contributed by atoms with Gasteiger partial charge in [-0.25, -0.2) is 15.0 Å². The molecular formula is C14H15N5OS. The van der Waals surface area contributed by atoms with Crippen LogP contribution in [0.2, 0.25) is 0 Å². The second-order valence-electron chi connectivity index (χ2n) is 5.20. The molecule has 0 amide bonds. The van der Waals surface area contributed by atoms with Gasteiger partial charge in [-0.15, -0.1) is 0 Å². The van der Waals surface area contributed by atoms with Gasteiger partial charge in [-0.1, -0.05) is 0 Å². The van der Waals surface area contributed by atoms with Gasteiger partial charge in [0.15, 0.2) is 11.5 Å². The minimum atomic E-state index is 0.0768. The van der Waals surface area contributed by atoms with Crippen molar-refractivity contribution in [2.75, 3.05) is 18.0 Å². The maximum absolute atomic E-state index is 6.07. The van der Waals surface area contributed by atoms with Crippen LogP contribution in [0.4, 0.5) is 5.82 Å². The summed E-state index contributed by atoms with van der Waals surface area (Å²) in [6.45, 7) is 3.69. The van der Waals surface area contributed by atoms with Crippen LogP contribution in [0.5, 0.6) is 0 Å². The fraction of sp³-hybridized carbons (Fsp3) is 0.357. The van der Waals surface area contributed by atoms with Gasteiger partial charge in [-0.2, -0.15) is 11.3 Å². The van der Waals surface area contributed by atoms with E-state index >= 15 is 0 Å². The van der Waals surface area contributed by atoms with Crippen molar-refractivity contribution < 1.29 is 4.74 Å². The van der Waals surface area contributed by atoms with Crippen LogP contribution in [0.3, 0.4) is 0 Å². The zero-order valence-electron chi connectivity index (χ0n) is 11.6. The van der Waals surface area contributed by atoms with Gasteiger partial charge in [0.2, 0.25) is 0 Å². The molecule has 0 bridgehead atoms. The number of imidazole rings is 1. The Labute approximate surface area is 125 Å². The standard InChI is InChI=1S/C14H15N5OS/c1-9-4-19(5-11(20-9)10-2-3-21-6-10)14-12-13(16-7-15-12)17-8-18-14/h2-3,6-9,11H,4-5H2,1H3,(H,15,16,17,18)/t9-,11+/m0/s1. The van der Waals surface area contributed by atoms with Gasteiger partial charge in [-0.3, -0.25) is 0 Å². The number of fused-ring (bicyclic) bond motifs is 1. The summed E-state index contributed by atoms with van der Waals surface area (Å²) in [7, 11) is 0. The van der Waals surface area contributed by atoms with Gasteiger partial charge in [0.05, 0.1) is 12.4 Å². The van der Waals surface area contributed by atoms with Crippen LogP contribution in [0.1, 0.15) is 18.6 Å². The Morgan fingerprint density at radius 3 is 3.14 bits per heavy atom. The van der Waals surface area contributed by atoms with E-state index in [1.807, 2.05) is 0 Å². The highest BCUT2D eigenvalue weighted by atomic mass is 32.1. The first kappa shape index (κ1) is 12.7. The van der Waals surface area contributed by atoms with E-state index in [1.54, 1.807) is 24.0 Å². The molecule has 3 aromatic rings. The number of hydrogen-bond donors (Lipinski definition) is 1. The second kappa shape index (κ2) is 5.09. The molecule has 4 rings (SSSR count). The van der Waals surface area contributed by atoms with Crippen molar-refractivity contribution in [3.8, 4) is 0 Å². The van der Waals surface area contributed by atoms with Gasteiger partial charge < -0.3 is 14.6 Å². The van der Waals surface area contributed by atoms with Crippen LogP contribution in [0.25, 0.3) is 11.2 Å². The Kier molecular flexibility index (Phi) is 3.08. The lowest BCUT2D eigenvalue weighted by atomic mass is 10.1. The Bertz CT molecular complexity index is 741. The van der Waals surface area contributed by atoms with E-state index < -0.39 is 0 Å². The lowest BCUT2D eigenvalue weighted by molar-refractivity contribution is -0.0173. The van der Waals surface area contributed by atoms with Gasteiger partial charge >= 0.3 is 0 Å². The van der Waals surface area contributed by atoms with Crippen LogP contribution in [0, 0.1) is 0 Å². The highest BCUT2D eigenvalue weighted by Crippen LogP contribution is 2.30. The number of hydrogen-bond acceptors (Lipinski definition) is 6. The predicted molar refractivity (Wildman–Crippen MR) is 81.5 cm³/mol. The molecular weight excluding hydrogens is 286 g/mol. The van der Waals surface area contributed by atoms with Crippen molar-refractivity contribution in [1.82, 2.24) is 19.9 Å². The smallest absolute Gasteiger partial charge is 0.182 e. The average molecular weight is 301 g/mol. The topological polar surface area (TPSA) is 66.9 Å². The van der Waals surface area contributed by atoms with E-state index in [9.17, 15) is 0 Å². The predicted octanol–water partition coefficient (Wildman–Crippen LogP) is 2.38. The first-order valence-electron chi connectivity index (χ1n) is 6.88. The summed E-state index contributed by atoms with van der Waals surface area (Å²) >= 11 is 1.70. The van der Waals surface area contributed by atoms with Crippen molar-refractivity contribution in [2.45, 2.75) is 19.1 Å². The number of rotatable bonds is 2. The Balaban J connectivity index is 1.69. The number of morpholine rings is 1. The van der Waals surface area contributed by atoms with Crippen LogP contribution in [-0.2, 0) is 4.74 Å². The molecule has 7 heteroatoms. The first-order valence-corrected chi connectivity index (χ1v) is 7.82. The molecule has 1 aliphatic heterocycles. The lowest BCUT2D eigenvalue weighted by Gasteiger charge is -2.37. The summed E-state index contributed by atoms with van der Waals surface area (Å²) in [6, 6.07) is 2.12. The third kappa shape index (κ3) is 2.28. The van der Waals surface area contributed by atoms with E-state index in [1.165, 1.54) is 5.56 Å². The average Bonchev–Trinajstić information content (AvgIpc) is 3.17. The van der Waals surface area contributed by atoms with E-state index in [2.05, 4.69) is 48.6 Å². The molecule has 21 heavy (non-hydrogen) atoms. The molecule has 0 saturated carbocycles. The zero-order valence-corrected chi connectivity index (χ0v) is 12.4. The van der Waals surface area contributed by atoms with Crippen LogP contribution in [-0.4, -0.2) is 39.1 Å². The largest absolute Gasteiger partial charge is 0.367 e.